The van der Waals surface area contributed by atoms with Crippen LogP contribution in [0.15, 0.2) is 11.6 Å². The first-order valence-corrected chi connectivity index (χ1v) is 7.60. The van der Waals surface area contributed by atoms with E-state index in [0.29, 0.717) is 16.7 Å². The standard InChI is InChI=1S/C12H14N4O3S/c17-16(18)11-10(14-12-15(11)4-6-20-12)13-8-3-5-19-9(8)7-1-2-7/h4,6-9,13H,1-3,5H2. The Labute approximate surface area is 118 Å². The number of nitrogens with zero attached hydrogens (tertiary/aromatic N) is 3. The van der Waals surface area contributed by atoms with Gasteiger partial charge in [-0.3, -0.25) is 0 Å². The maximum absolute atomic E-state index is 11.3. The minimum Gasteiger partial charge on any atom is -0.376 e. The number of thiazole rings is 1. The molecule has 2 aromatic heterocycles. The van der Waals surface area contributed by atoms with Crippen LogP contribution >= 0.6 is 11.3 Å². The second-order valence-electron chi connectivity index (χ2n) is 5.31. The molecule has 106 valence electrons. The highest BCUT2D eigenvalue weighted by atomic mass is 32.1. The zero-order valence-corrected chi connectivity index (χ0v) is 11.5. The molecule has 2 unspecified atom stereocenters. The van der Waals surface area contributed by atoms with Gasteiger partial charge >= 0.3 is 5.82 Å². The molecule has 1 saturated carbocycles. The molecule has 2 fully saturated rings. The summed E-state index contributed by atoms with van der Waals surface area (Å²) in [6.45, 7) is 0.717. The molecule has 1 aliphatic carbocycles. The van der Waals surface area contributed by atoms with Crippen LogP contribution in [0.25, 0.3) is 4.96 Å². The first-order valence-electron chi connectivity index (χ1n) is 6.72. The van der Waals surface area contributed by atoms with Crippen LogP contribution in [-0.2, 0) is 4.74 Å². The Morgan fingerprint density at radius 3 is 3.10 bits per heavy atom. The van der Waals surface area contributed by atoms with Gasteiger partial charge in [0.2, 0.25) is 5.82 Å². The third kappa shape index (κ3) is 1.87. The van der Waals surface area contributed by atoms with E-state index in [4.69, 9.17) is 4.74 Å². The van der Waals surface area contributed by atoms with E-state index in [9.17, 15) is 10.1 Å². The number of hydrogen-bond donors (Lipinski definition) is 1. The lowest BCUT2D eigenvalue weighted by Gasteiger charge is -2.18. The van der Waals surface area contributed by atoms with Crippen LogP contribution in [-0.4, -0.2) is 33.1 Å². The summed E-state index contributed by atoms with van der Waals surface area (Å²) in [5.41, 5.74) is 0. The van der Waals surface area contributed by atoms with Gasteiger partial charge in [-0.05, 0) is 30.1 Å². The van der Waals surface area contributed by atoms with Crippen LogP contribution in [0.3, 0.4) is 0 Å². The molecule has 20 heavy (non-hydrogen) atoms. The number of rotatable bonds is 4. The first kappa shape index (κ1) is 12.1. The minimum atomic E-state index is -0.378. The van der Waals surface area contributed by atoms with E-state index in [2.05, 4.69) is 10.3 Å². The molecule has 0 amide bonds. The molecule has 2 aromatic rings. The van der Waals surface area contributed by atoms with Crippen molar-refractivity contribution in [2.75, 3.05) is 11.9 Å². The van der Waals surface area contributed by atoms with Gasteiger partial charge in [0.05, 0.1) is 12.1 Å². The zero-order valence-electron chi connectivity index (χ0n) is 10.7. The Morgan fingerprint density at radius 2 is 2.35 bits per heavy atom. The van der Waals surface area contributed by atoms with Crippen molar-refractivity contribution in [1.29, 1.82) is 0 Å². The summed E-state index contributed by atoms with van der Waals surface area (Å²) < 4.78 is 7.28. The second-order valence-corrected chi connectivity index (χ2v) is 6.18. The largest absolute Gasteiger partial charge is 0.376 e. The van der Waals surface area contributed by atoms with Crippen LogP contribution < -0.4 is 5.32 Å². The average Bonchev–Trinajstić information content (AvgIpc) is 2.83. The number of nitro groups is 1. The van der Waals surface area contributed by atoms with Gasteiger partial charge in [-0.1, -0.05) is 11.3 Å². The van der Waals surface area contributed by atoms with Gasteiger partial charge in [0.25, 0.3) is 4.96 Å². The zero-order chi connectivity index (χ0) is 13.7. The maximum Gasteiger partial charge on any atom is 0.372 e. The van der Waals surface area contributed by atoms with Crippen molar-refractivity contribution in [3.8, 4) is 0 Å². The molecule has 7 nitrogen and oxygen atoms in total. The number of fused-ring (bicyclic) bond motifs is 1. The lowest BCUT2D eigenvalue weighted by molar-refractivity contribution is -0.389. The van der Waals surface area contributed by atoms with Gasteiger partial charge < -0.3 is 20.2 Å². The Bertz CT molecular complexity index is 663. The van der Waals surface area contributed by atoms with Crippen molar-refractivity contribution in [3.63, 3.8) is 0 Å². The highest BCUT2D eigenvalue weighted by molar-refractivity contribution is 7.15. The molecular formula is C12H14N4O3S. The molecule has 2 aliphatic rings. The molecule has 0 aromatic carbocycles. The van der Waals surface area contributed by atoms with Crippen molar-refractivity contribution in [2.24, 2.45) is 5.92 Å². The summed E-state index contributed by atoms with van der Waals surface area (Å²) in [5.74, 6) is 0.989. The lowest BCUT2D eigenvalue weighted by atomic mass is 10.1. The normalized spacial score (nSPS) is 26.2. The van der Waals surface area contributed by atoms with E-state index in [1.807, 2.05) is 0 Å². The van der Waals surface area contributed by atoms with Crippen LogP contribution in [0.1, 0.15) is 19.3 Å². The smallest absolute Gasteiger partial charge is 0.372 e. The van der Waals surface area contributed by atoms with E-state index in [1.54, 1.807) is 11.6 Å². The Kier molecular flexibility index (Phi) is 2.67. The van der Waals surface area contributed by atoms with Crippen LogP contribution in [0.5, 0.6) is 0 Å². The number of anilines is 1. The van der Waals surface area contributed by atoms with Gasteiger partial charge in [-0.2, -0.15) is 9.38 Å². The fraction of sp³-hybridized carbons (Fsp3) is 0.583. The Balaban J connectivity index is 1.66. The minimum absolute atomic E-state index is 0.0164. The molecule has 2 atom stereocenters. The van der Waals surface area contributed by atoms with E-state index in [1.165, 1.54) is 28.6 Å². The van der Waals surface area contributed by atoms with Gasteiger partial charge in [0.15, 0.2) is 0 Å². The number of nitrogens with one attached hydrogen (secondary N) is 1. The molecule has 1 aliphatic heterocycles. The monoisotopic (exact) mass is 294 g/mol. The predicted octanol–water partition coefficient (Wildman–Crippen LogP) is 2.28. The third-order valence-electron chi connectivity index (χ3n) is 3.95. The van der Waals surface area contributed by atoms with Crippen molar-refractivity contribution in [3.05, 3.63) is 21.7 Å². The van der Waals surface area contributed by atoms with E-state index in [0.717, 1.165) is 13.0 Å². The van der Waals surface area contributed by atoms with Crippen molar-refractivity contribution in [1.82, 2.24) is 9.38 Å². The molecule has 0 spiro atoms. The summed E-state index contributed by atoms with van der Waals surface area (Å²) in [6.07, 6.45) is 5.13. The molecule has 1 N–H and O–H groups in total. The molecule has 0 bridgehead atoms. The maximum atomic E-state index is 11.3. The number of ether oxygens (including phenoxy) is 1. The number of hydrogen-bond acceptors (Lipinski definition) is 6. The second kappa shape index (κ2) is 4.42. The Hall–Kier alpha value is -1.67. The fourth-order valence-electron chi connectivity index (χ4n) is 2.88. The molecule has 1 saturated heterocycles. The molecule has 3 heterocycles. The molecule has 4 rings (SSSR count). The number of imidazole rings is 1. The lowest BCUT2D eigenvalue weighted by Crippen LogP contribution is -2.31. The summed E-state index contributed by atoms with van der Waals surface area (Å²) in [7, 11) is 0. The predicted molar refractivity (Wildman–Crippen MR) is 74.2 cm³/mol. The van der Waals surface area contributed by atoms with E-state index < -0.39 is 0 Å². The number of aromatic nitrogens is 2. The first-order chi connectivity index (χ1) is 9.74. The topological polar surface area (TPSA) is 81.7 Å². The van der Waals surface area contributed by atoms with Crippen molar-refractivity contribution in [2.45, 2.75) is 31.4 Å². The SMILES string of the molecule is O=[N+]([O-])c1c(NC2CCOC2C2CC2)nc2sccn12. The average molecular weight is 294 g/mol. The van der Waals surface area contributed by atoms with Gasteiger partial charge in [0, 0.05) is 12.0 Å². The molecule has 8 heteroatoms. The van der Waals surface area contributed by atoms with Gasteiger partial charge in [-0.15, -0.1) is 0 Å². The highest BCUT2D eigenvalue weighted by Crippen LogP contribution is 2.40. The van der Waals surface area contributed by atoms with Crippen molar-refractivity contribution >= 4 is 27.9 Å². The van der Waals surface area contributed by atoms with Gasteiger partial charge in [0.1, 0.15) is 6.20 Å². The van der Waals surface area contributed by atoms with Crippen LogP contribution in [0, 0.1) is 16.0 Å². The van der Waals surface area contributed by atoms with E-state index in [-0.39, 0.29) is 22.9 Å². The summed E-state index contributed by atoms with van der Waals surface area (Å²) >= 11 is 1.39. The molecule has 0 radical (unpaired) electrons. The summed E-state index contributed by atoms with van der Waals surface area (Å²) in [5, 5.41) is 16.3. The van der Waals surface area contributed by atoms with Crippen molar-refractivity contribution < 1.29 is 9.66 Å². The molecular weight excluding hydrogens is 280 g/mol. The van der Waals surface area contributed by atoms with E-state index >= 15 is 0 Å². The summed E-state index contributed by atoms with van der Waals surface area (Å²) in [6, 6.07) is 0.130. The third-order valence-corrected chi connectivity index (χ3v) is 4.71. The summed E-state index contributed by atoms with van der Waals surface area (Å²) in [4.78, 5) is 15.9. The fourth-order valence-corrected chi connectivity index (χ4v) is 3.59. The van der Waals surface area contributed by atoms with Crippen LogP contribution in [0.2, 0.25) is 0 Å². The Morgan fingerprint density at radius 1 is 1.50 bits per heavy atom. The van der Waals surface area contributed by atoms with Gasteiger partial charge in [-0.25, -0.2) is 0 Å². The van der Waals surface area contributed by atoms with Crippen LogP contribution in [0.4, 0.5) is 11.6 Å². The quantitative estimate of drug-likeness (QED) is 0.691. The highest BCUT2D eigenvalue weighted by Gasteiger charge is 2.41.